The van der Waals surface area contributed by atoms with Crippen molar-refractivity contribution < 1.29 is 33.4 Å². The maximum Gasteiger partial charge on any atom is 0.308 e. The predicted octanol–water partition coefficient (Wildman–Crippen LogP) is 5.26. The summed E-state index contributed by atoms with van der Waals surface area (Å²) in [4.78, 5) is 71.3. The van der Waals surface area contributed by atoms with Crippen LogP contribution in [0.4, 0.5) is 0 Å². The van der Waals surface area contributed by atoms with Crippen molar-refractivity contribution >= 4 is 41.0 Å². The Labute approximate surface area is 304 Å². The highest BCUT2D eigenvalue weighted by molar-refractivity contribution is 7.09. The molecule has 3 rings (SSSR count). The van der Waals surface area contributed by atoms with Gasteiger partial charge in [-0.05, 0) is 48.4 Å². The quantitative estimate of drug-likeness (QED) is 0.134. The molecule has 51 heavy (non-hydrogen) atoms. The monoisotopic (exact) mass is 721 g/mol. The Balaban J connectivity index is 1.83. The molecule has 0 bridgehead atoms. The summed E-state index contributed by atoms with van der Waals surface area (Å²) in [6.07, 6.45) is 2.40. The number of likely N-dealkylation sites (N-methyl/N-ethyl adjacent to an activating group) is 1. The molecule has 2 N–H and O–H groups in total. The van der Waals surface area contributed by atoms with E-state index in [0.717, 1.165) is 5.56 Å². The lowest BCUT2D eigenvalue weighted by Crippen LogP contribution is -2.52. The standard InChI is InChI=1S/C38H51N5O7S/c1-10-24(4)33(41-35(46)30-17-14-18-42(30)7)37(47)43(8)31(23(2)3)21-32(50-26(6)44)36-40-29(22-51-36)34(45)39-28(19-25(5)38(48)49-9)20-27-15-12-11-13-16-27/h11-18,22-23,25,28,31-33H,4,10,19-21H2,1-3,5-9H3,(H,39,45)(H,41,46)/t25-,28+,31+,32+,33-/m0/s1. The number of ether oxygens (including phenoxy) is 2. The molecule has 0 aliphatic heterocycles. The molecule has 276 valence electrons. The fourth-order valence-corrected chi connectivity index (χ4v) is 6.76. The number of thiazole rings is 1. The third kappa shape index (κ3) is 11.4. The molecule has 2 heterocycles. The number of benzene rings is 1. The Kier molecular flexibility index (Phi) is 15.1. The van der Waals surface area contributed by atoms with Crippen LogP contribution in [0.15, 0.2) is 66.2 Å². The van der Waals surface area contributed by atoms with Gasteiger partial charge in [0.15, 0.2) is 6.10 Å². The van der Waals surface area contributed by atoms with Gasteiger partial charge in [-0.1, -0.05) is 64.6 Å². The van der Waals surface area contributed by atoms with Crippen molar-refractivity contribution in [3.05, 3.63) is 88.2 Å². The second-order valence-corrected chi connectivity index (χ2v) is 14.0. The minimum atomic E-state index is -0.975. The van der Waals surface area contributed by atoms with Gasteiger partial charge in [-0.15, -0.1) is 11.3 Å². The fourth-order valence-electron chi connectivity index (χ4n) is 5.92. The maximum atomic E-state index is 14.0. The van der Waals surface area contributed by atoms with Gasteiger partial charge in [-0.25, -0.2) is 4.98 Å². The van der Waals surface area contributed by atoms with Crippen molar-refractivity contribution in [3.63, 3.8) is 0 Å². The van der Waals surface area contributed by atoms with Gasteiger partial charge in [-0.3, -0.25) is 24.0 Å². The molecule has 2 aromatic heterocycles. The zero-order valence-electron chi connectivity index (χ0n) is 30.8. The molecule has 0 saturated heterocycles. The van der Waals surface area contributed by atoms with E-state index in [1.807, 2.05) is 51.1 Å². The highest BCUT2D eigenvalue weighted by Crippen LogP contribution is 2.31. The molecule has 0 aliphatic rings. The van der Waals surface area contributed by atoms with Gasteiger partial charge < -0.3 is 29.6 Å². The number of aryl methyl sites for hydroxylation is 1. The van der Waals surface area contributed by atoms with Crippen LogP contribution >= 0.6 is 11.3 Å². The average molecular weight is 722 g/mol. The molecular formula is C38H51N5O7S. The van der Waals surface area contributed by atoms with E-state index in [9.17, 15) is 24.0 Å². The number of aromatic nitrogens is 2. The fraction of sp³-hybridized carbons (Fsp3) is 0.474. The summed E-state index contributed by atoms with van der Waals surface area (Å²) in [7, 11) is 4.74. The number of nitrogens with zero attached hydrogens (tertiary/aromatic N) is 3. The summed E-state index contributed by atoms with van der Waals surface area (Å²) in [5.41, 5.74) is 2.10. The number of esters is 2. The van der Waals surface area contributed by atoms with Crippen molar-refractivity contribution in [2.75, 3.05) is 14.2 Å². The first-order valence-electron chi connectivity index (χ1n) is 17.1. The number of hydrogen-bond donors (Lipinski definition) is 2. The zero-order valence-corrected chi connectivity index (χ0v) is 31.6. The summed E-state index contributed by atoms with van der Waals surface area (Å²) in [5, 5.41) is 7.88. The Morgan fingerprint density at radius 2 is 1.69 bits per heavy atom. The average Bonchev–Trinajstić information content (AvgIpc) is 3.77. The van der Waals surface area contributed by atoms with Gasteiger partial charge in [0, 0.05) is 51.1 Å². The number of methoxy groups -OCH3 is 1. The van der Waals surface area contributed by atoms with Gasteiger partial charge in [0.2, 0.25) is 5.91 Å². The molecule has 1 aromatic carbocycles. The first-order valence-corrected chi connectivity index (χ1v) is 18.0. The molecule has 0 aliphatic carbocycles. The van der Waals surface area contributed by atoms with Crippen molar-refractivity contribution in [3.8, 4) is 0 Å². The lowest BCUT2D eigenvalue weighted by atomic mass is 9.94. The summed E-state index contributed by atoms with van der Waals surface area (Å²) in [6.45, 7) is 12.9. The van der Waals surface area contributed by atoms with E-state index in [0.29, 0.717) is 35.5 Å². The molecule has 0 radical (unpaired) electrons. The smallest absolute Gasteiger partial charge is 0.308 e. The summed E-state index contributed by atoms with van der Waals surface area (Å²) in [5.74, 6) is -2.62. The van der Waals surface area contributed by atoms with Gasteiger partial charge in [0.1, 0.15) is 22.4 Å². The second-order valence-electron chi connectivity index (χ2n) is 13.1. The van der Waals surface area contributed by atoms with Crippen LogP contribution in [0.2, 0.25) is 0 Å². The van der Waals surface area contributed by atoms with Gasteiger partial charge in [0.25, 0.3) is 11.8 Å². The lowest BCUT2D eigenvalue weighted by molar-refractivity contribution is -0.148. The molecule has 13 heteroatoms. The van der Waals surface area contributed by atoms with Gasteiger partial charge in [-0.2, -0.15) is 0 Å². The van der Waals surface area contributed by atoms with E-state index in [4.69, 9.17) is 9.47 Å². The largest absolute Gasteiger partial charge is 0.469 e. The van der Waals surface area contributed by atoms with E-state index in [2.05, 4.69) is 22.2 Å². The highest BCUT2D eigenvalue weighted by Gasteiger charge is 2.35. The molecule has 3 aromatic rings. The van der Waals surface area contributed by atoms with E-state index in [1.54, 1.807) is 54.2 Å². The number of amides is 3. The number of carbonyl (C=O) groups is 5. The van der Waals surface area contributed by atoms with Crippen molar-refractivity contribution in [1.82, 2.24) is 25.1 Å². The first-order chi connectivity index (χ1) is 24.2. The number of carbonyl (C=O) groups excluding carboxylic acids is 5. The van der Waals surface area contributed by atoms with E-state index in [-0.39, 0.29) is 36.0 Å². The van der Waals surface area contributed by atoms with Crippen LogP contribution in [0, 0.1) is 11.8 Å². The molecule has 0 fully saturated rings. The summed E-state index contributed by atoms with van der Waals surface area (Å²) >= 11 is 1.18. The number of rotatable bonds is 18. The van der Waals surface area contributed by atoms with Crippen molar-refractivity contribution in [2.24, 2.45) is 18.9 Å². The third-order valence-electron chi connectivity index (χ3n) is 8.87. The van der Waals surface area contributed by atoms with Crippen molar-refractivity contribution in [1.29, 1.82) is 0 Å². The summed E-state index contributed by atoms with van der Waals surface area (Å²) in [6, 6.07) is 11.3. The maximum absolute atomic E-state index is 14.0. The zero-order chi connectivity index (χ0) is 37.8. The van der Waals surface area contributed by atoms with Crippen LogP contribution in [0.25, 0.3) is 0 Å². The van der Waals surface area contributed by atoms with Crippen molar-refractivity contribution in [2.45, 2.75) is 84.5 Å². The van der Waals surface area contributed by atoms with Crippen LogP contribution in [0.3, 0.4) is 0 Å². The van der Waals surface area contributed by atoms with Crippen LogP contribution in [0.1, 0.15) is 91.5 Å². The number of hydrogen-bond acceptors (Lipinski definition) is 9. The normalized spacial score (nSPS) is 14.1. The molecule has 0 saturated carbocycles. The van der Waals surface area contributed by atoms with E-state index < -0.39 is 41.9 Å². The molecule has 0 spiro atoms. The molecule has 0 unspecified atom stereocenters. The minimum absolute atomic E-state index is 0.0885. The minimum Gasteiger partial charge on any atom is -0.469 e. The highest BCUT2D eigenvalue weighted by atomic mass is 32.1. The number of nitrogens with one attached hydrogen (secondary N) is 2. The van der Waals surface area contributed by atoms with Crippen LogP contribution in [0.5, 0.6) is 0 Å². The lowest BCUT2D eigenvalue weighted by Gasteiger charge is -2.36. The third-order valence-corrected chi connectivity index (χ3v) is 9.81. The van der Waals surface area contributed by atoms with E-state index in [1.165, 1.54) is 25.4 Å². The van der Waals surface area contributed by atoms with Gasteiger partial charge >= 0.3 is 11.9 Å². The molecular weight excluding hydrogens is 671 g/mol. The predicted molar refractivity (Wildman–Crippen MR) is 196 cm³/mol. The Morgan fingerprint density at radius 1 is 1.00 bits per heavy atom. The molecule has 3 amide bonds. The SMILES string of the molecule is C=C(CC)[C@H](NC(=O)c1cccn1C)C(=O)N(C)[C@H](C[C@@H](OC(C)=O)c1nc(C(=O)N[C@@H](Cc2ccccc2)C[C@H](C)C(=O)OC)cs1)C(C)C. The second kappa shape index (κ2) is 19.0. The molecule has 12 nitrogen and oxygen atoms in total. The topological polar surface area (TPSA) is 149 Å². The van der Waals surface area contributed by atoms with Crippen LogP contribution in [-0.2, 0) is 37.3 Å². The van der Waals surface area contributed by atoms with E-state index >= 15 is 0 Å². The Bertz CT molecular complexity index is 1670. The Morgan fingerprint density at radius 3 is 2.25 bits per heavy atom. The first kappa shape index (κ1) is 40.6. The summed E-state index contributed by atoms with van der Waals surface area (Å²) < 4.78 is 12.3. The van der Waals surface area contributed by atoms with Gasteiger partial charge in [0.05, 0.1) is 13.0 Å². The van der Waals surface area contributed by atoms with Crippen LogP contribution in [-0.4, -0.2) is 76.4 Å². The molecule has 5 atom stereocenters. The van der Waals surface area contributed by atoms with Crippen LogP contribution < -0.4 is 10.6 Å². The Hall–Kier alpha value is -4.78.